The molecule has 3 rings (SSSR count). The molecule has 3 aromatic rings. The Hall–Kier alpha value is -2.08. The maximum absolute atomic E-state index is 12.2. The molecule has 6 heteroatoms. The van der Waals surface area contributed by atoms with Gasteiger partial charge in [0.2, 0.25) is 0 Å². The molecule has 0 radical (unpaired) electrons. The minimum Gasteiger partial charge on any atom is -0.466 e. The van der Waals surface area contributed by atoms with Gasteiger partial charge in [-0.1, -0.05) is 17.7 Å². The van der Waals surface area contributed by atoms with Gasteiger partial charge in [0.1, 0.15) is 5.76 Å². The highest BCUT2D eigenvalue weighted by molar-refractivity contribution is 7.10. The lowest BCUT2D eigenvalue weighted by atomic mass is 9.98. The van der Waals surface area contributed by atoms with Gasteiger partial charge in [-0.15, -0.1) is 11.3 Å². The fourth-order valence-electron chi connectivity index (χ4n) is 2.23. The molecule has 0 aliphatic rings. The maximum Gasteiger partial charge on any atom is 0.251 e. The summed E-state index contributed by atoms with van der Waals surface area (Å²) >= 11 is 7.22. The number of furan rings is 1. The first kappa shape index (κ1) is 15.8. The van der Waals surface area contributed by atoms with E-state index in [1.54, 1.807) is 36.4 Å². The van der Waals surface area contributed by atoms with Crippen LogP contribution in [0.1, 0.15) is 21.0 Å². The third-order valence-electron chi connectivity index (χ3n) is 3.47. The van der Waals surface area contributed by atoms with Gasteiger partial charge in [0.25, 0.3) is 5.91 Å². The molecule has 23 heavy (non-hydrogen) atoms. The SMILES string of the molecule is O=C(NCC(O)(c1ccco1)c1cccs1)c1ccc(Cl)cc1. The number of hydrogen-bond donors (Lipinski definition) is 2. The van der Waals surface area contributed by atoms with E-state index in [4.69, 9.17) is 16.0 Å². The Morgan fingerprint density at radius 1 is 1.22 bits per heavy atom. The van der Waals surface area contributed by atoms with Crippen molar-refractivity contribution in [2.45, 2.75) is 5.60 Å². The molecule has 118 valence electrons. The minimum absolute atomic E-state index is 0.00247. The zero-order chi connectivity index (χ0) is 16.3. The van der Waals surface area contributed by atoms with Crippen LogP contribution in [0.2, 0.25) is 5.02 Å². The Morgan fingerprint density at radius 3 is 2.61 bits per heavy atom. The number of carbonyl (C=O) groups excluding carboxylic acids is 1. The average Bonchev–Trinajstić information content (AvgIpc) is 3.26. The summed E-state index contributed by atoms with van der Waals surface area (Å²) in [6.07, 6.45) is 1.49. The number of nitrogens with one attached hydrogen (secondary N) is 1. The first-order chi connectivity index (χ1) is 11.1. The summed E-state index contributed by atoms with van der Waals surface area (Å²) in [5, 5.41) is 16.2. The molecule has 2 aromatic heterocycles. The smallest absolute Gasteiger partial charge is 0.251 e. The number of hydrogen-bond acceptors (Lipinski definition) is 4. The van der Waals surface area contributed by atoms with Gasteiger partial charge in [-0.3, -0.25) is 4.79 Å². The van der Waals surface area contributed by atoms with Gasteiger partial charge in [-0.05, 0) is 47.8 Å². The van der Waals surface area contributed by atoms with Gasteiger partial charge in [0.05, 0.1) is 12.8 Å². The second-order valence-corrected chi connectivity index (χ2v) is 6.39. The highest BCUT2D eigenvalue weighted by Crippen LogP contribution is 2.32. The fourth-order valence-corrected chi connectivity index (χ4v) is 3.19. The Bertz CT molecular complexity index is 733. The van der Waals surface area contributed by atoms with Crippen molar-refractivity contribution in [1.82, 2.24) is 5.32 Å². The predicted octanol–water partition coefficient (Wildman–Crippen LogP) is 3.66. The standard InChI is InChI=1S/C17H14ClNO3S/c18-13-7-5-12(6-8-13)16(20)19-11-17(21,14-3-1-9-22-14)15-4-2-10-23-15/h1-10,21H,11H2,(H,19,20). The number of aliphatic hydroxyl groups is 1. The van der Waals surface area contributed by atoms with Gasteiger partial charge in [-0.2, -0.15) is 0 Å². The quantitative estimate of drug-likeness (QED) is 0.740. The first-order valence-corrected chi connectivity index (χ1v) is 8.19. The zero-order valence-corrected chi connectivity index (χ0v) is 13.6. The molecule has 0 saturated heterocycles. The van der Waals surface area contributed by atoms with Gasteiger partial charge in [-0.25, -0.2) is 0 Å². The number of rotatable bonds is 5. The van der Waals surface area contributed by atoms with Gasteiger partial charge < -0.3 is 14.8 Å². The van der Waals surface area contributed by atoms with E-state index in [9.17, 15) is 9.90 Å². The number of amides is 1. The summed E-state index contributed by atoms with van der Waals surface area (Å²) in [7, 11) is 0. The molecule has 0 aliphatic heterocycles. The molecule has 0 bridgehead atoms. The van der Waals surface area contributed by atoms with Crippen molar-refractivity contribution in [2.75, 3.05) is 6.54 Å². The fraction of sp³-hybridized carbons (Fsp3) is 0.118. The molecule has 0 aliphatic carbocycles. The molecule has 1 aromatic carbocycles. The molecule has 1 unspecified atom stereocenters. The summed E-state index contributed by atoms with van der Waals surface area (Å²) in [6, 6.07) is 13.6. The monoisotopic (exact) mass is 347 g/mol. The van der Waals surface area contributed by atoms with Crippen LogP contribution in [0.5, 0.6) is 0 Å². The van der Waals surface area contributed by atoms with E-state index in [1.807, 2.05) is 17.5 Å². The van der Waals surface area contributed by atoms with Crippen molar-refractivity contribution < 1.29 is 14.3 Å². The predicted molar refractivity (Wildman–Crippen MR) is 89.8 cm³/mol. The second kappa shape index (κ2) is 6.58. The van der Waals surface area contributed by atoms with E-state index in [1.165, 1.54) is 17.6 Å². The van der Waals surface area contributed by atoms with Crippen LogP contribution in [0.3, 0.4) is 0 Å². The average molecular weight is 348 g/mol. The largest absolute Gasteiger partial charge is 0.466 e. The topological polar surface area (TPSA) is 62.5 Å². The van der Waals surface area contributed by atoms with Crippen LogP contribution < -0.4 is 5.32 Å². The Morgan fingerprint density at radius 2 is 2.00 bits per heavy atom. The number of carbonyl (C=O) groups is 1. The lowest BCUT2D eigenvalue weighted by Crippen LogP contribution is -2.41. The lowest BCUT2D eigenvalue weighted by molar-refractivity contribution is 0.0554. The van der Waals surface area contributed by atoms with Crippen LogP contribution in [-0.2, 0) is 5.60 Å². The van der Waals surface area contributed by atoms with Crippen LogP contribution in [0, 0.1) is 0 Å². The molecular weight excluding hydrogens is 334 g/mol. The van der Waals surface area contributed by atoms with E-state index in [0.29, 0.717) is 21.2 Å². The van der Waals surface area contributed by atoms with Crippen LogP contribution in [-0.4, -0.2) is 17.6 Å². The normalized spacial score (nSPS) is 13.5. The Balaban J connectivity index is 1.80. The molecule has 0 saturated carbocycles. The Labute approximate surface area is 142 Å². The molecular formula is C17H14ClNO3S. The Kier molecular flexibility index (Phi) is 4.52. The van der Waals surface area contributed by atoms with Crippen molar-refractivity contribution in [3.05, 3.63) is 81.4 Å². The van der Waals surface area contributed by atoms with Gasteiger partial charge in [0, 0.05) is 15.5 Å². The van der Waals surface area contributed by atoms with Crippen molar-refractivity contribution in [3.63, 3.8) is 0 Å². The molecule has 0 spiro atoms. The highest BCUT2D eigenvalue weighted by atomic mass is 35.5. The number of halogens is 1. The third kappa shape index (κ3) is 3.32. The first-order valence-electron chi connectivity index (χ1n) is 6.94. The van der Waals surface area contributed by atoms with Crippen molar-refractivity contribution in [3.8, 4) is 0 Å². The molecule has 1 amide bonds. The van der Waals surface area contributed by atoms with Crippen LogP contribution in [0.15, 0.2) is 64.6 Å². The van der Waals surface area contributed by atoms with Crippen molar-refractivity contribution in [1.29, 1.82) is 0 Å². The zero-order valence-electron chi connectivity index (χ0n) is 12.0. The highest BCUT2D eigenvalue weighted by Gasteiger charge is 2.36. The summed E-state index contributed by atoms with van der Waals surface area (Å²) in [5.74, 6) is 0.0968. The van der Waals surface area contributed by atoms with Crippen LogP contribution >= 0.6 is 22.9 Å². The lowest BCUT2D eigenvalue weighted by Gasteiger charge is -2.25. The summed E-state index contributed by atoms with van der Waals surface area (Å²) < 4.78 is 5.36. The second-order valence-electron chi connectivity index (χ2n) is 5.00. The summed E-state index contributed by atoms with van der Waals surface area (Å²) in [6.45, 7) is 0.00247. The van der Waals surface area contributed by atoms with Crippen molar-refractivity contribution >= 4 is 28.8 Å². The summed E-state index contributed by atoms with van der Waals surface area (Å²) in [5.41, 5.74) is -0.929. The molecule has 0 fully saturated rings. The van der Waals surface area contributed by atoms with Gasteiger partial charge in [0.15, 0.2) is 5.60 Å². The number of thiophene rings is 1. The third-order valence-corrected chi connectivity index (χ3v) is 4.74. The van der Waals surface area contributed by atoms with Crippen molar-refractivity contribution in [2.24, 2.45) is 0 Å². The minimum atomic E-state index is -1.40. The van der Waals surface area contributed by atoms with Crippen LogP contribution in [0.25, 0.3) is 0 Å². The molecule has 2 heterocycles. The summed E-state index contributed by atoms with van der Waals surface area (Å²) in [4.78, 5) is 12.9. The van der Waals surface area contributed by atoms with E-state index in [2.05, 4.69) is 5.32 Å². The number of benzene rings is 1. The van der Waals surface area contributed by atoms with E-state index >= 15 is 0 Å². The van der Waals surface area contributed by atoms with E-state index in [0.717, 1.165) is 0 Å². The van der Waals surface area contributed by atoms with E-state index < -0.39 is 5.60 Å². The van der Waals surface area contributed by atoms with E-state index in [-0.39, 0.29) is 12.5 Å². The maximum atomic E-state index is 12.2. The molecule has 2 N–H and O–H groups in total. The molecule has 4 nitrogen and oxygen atoms in total. The van der Waals surface area contributed by atoms with Gasteiger partial charge >= 0.3 is 0 Å². The van der Waals surface area contributed by atoms with Crippen LogP contribution in [0.4, 0.5) is 0 Å². The molecule has 1 atom stereocenters.